The minimum atomic E-state index is 0.614. The molecule has 116 heavy (non-hydrogen) atoms. The first-order valence-corrected chi connectivity index (χ1v) is 40.6. The molecule has 0 unspecified atom stereocenters. The second-order valence-corrected chi connectivity index (χ2v) is 32.0. The Morgan fingerprint density at radius 2 is 0.690 bits per heavy atom. The largest absolute Gasteiger partial charge is 0.454 e. The van der Waals surface area contributed by atoms with Crippen molar-refractivity contribution < 1.29 is 13.3 Å². The van der Waals surface area contributed by atoms with E-state index in [9.17, 15) is 0 Å². The number of benzene rings is 10. The molecule has 0 aliphatic carbocycles. The molecule has 0 saturated heterocycles. The van der Waals surface area contributed by atoms with E-state index in [2.05, 4.69) is 262 Å². The van der Waals surface area contributed by atoms with Crippen LogP contribution in [0, 0.1) is 0 Å². The number of aromatic nitrogens is 10. The Labute approximate surface area is 670 Å². The fraction of sp³-hybridized carbons (Fsp3) is 0. The van der Waals surface area contributed by atoms with Gasteiger partial charge >= 0.3 is 0 Å². The molecule has 0 aliphatic rings. The number of fused-ring (bicyclic) bond motifs is 24. The van der Waals surface area contributed by atoms with Crippen molar-refractivity contribution in [1.29, 1.82) is 0 Å². The quantitative estimate of drug-likeness (QED) is 0.150. The van der Waals surface area contributed by atoms with Gasteiger partial charge in [-0.3, -0.25) is 34.9 Å². The van der Waals surface area contributed by atoms with Crippen LogP contribution in [0.4, 0.5) is 0 Å². The highest BCUT2D eigenvalue weighted by molar-refractivity contribution is 7.27. The Morgan fingerprint density at radius 1 is 0.250 bits per heavy atom. The normalized spacial score (nSPS) is 12.0. The van der Waals surface area contributed by atoms with E-state index >= 15 is 0 Å². The lowest BCUT2D eigenvalue weighted by Gasteiger charge is -2.07. The van der Waals surface area contributed by atoms with Crippen molar-refractivity contribution in [2.75, 3.05) is 0 Å². The fourth-order valence-electron chi connectivity index (χ4n) is 17.0. The monoisotopic (exact) mass is 1540 g/mol. The zero-order chi connectivity index (χ0) is 76.1. The predicted octanol–water partition coefficient (Wildman–Crippen LogP) is 27.6. The van der Waals surface area contributed by atoms with Crippen molar-refractivity contribution in [2.45, 2.75) is 0 Å². The third kappa shape index (κ3) is 10.5. The molecule has 0 amide bonds. The van der Waals surface area contributed by atoms with E-state index in [1.165, 1.54) is 98.7 Å². The van der Waals surface area contributed by atoms with Gasteiger partial charge < -0.3 is 22.4 Å². The molecule has 0 bridgehead atoms. The van der Waals surface area contributed by atoms with Gasteiger partial charge in [-0.15, -0.1) is 34.0 Å². The summed E-state index contributed by atoms with van der Waals surface area (Å²) >= 11 is 5.33. The highest BCUT2D eigenvalue weighted by atomic mass is 32.1. The van der Waals surface area contributed by atoms with E-state index in [1.807, 2.05) is 98.0 Å². The van der Waals surface area contributed by atoms with Gasteiger partial charge in [0.05, 0.1) is 70.2 Å². The molecule has 26 aromatic rings. The summed E-state index contributed by atoms with van der Waals surface area (Å²) in [6.07, 6.45) is 13.1. The van der Waals surface area contributed by atoms with Crippen LogP contribution in [0.1, 0.15) is 0 Å². The number of thiophene rings is 3. The average Bonchev–Trinajstić information content (AvgIpc) is 1.58. The number of rotatable bonds is 7. The van der Waals surface area contributed by atoms with Crippen LogP contribution in [0.3, 0.4) is 0 Å². The van der Waals surface area contributed by atoms with Gasteiger partial charge in [0.15, 0.2) is 11.2 Å². The third-order valence-electron chi connectivity index (χ3n) is 22.3. The van der Waals surface area contributed by atoms with E-state index < -0.39 is 0 Å². The lowest BCUT2D eigenvalue weighted by molar-refractivity contribution is 0.654. The maximum Gasteiger partial charge on any atom is 0.227 e. The molecule has 0 saturated carbocycles. The SMILES string of the molecule is c1ccc2c(c1)oc1nc(-c3ccnc4c3oc3ccc(-n5c6ccccc6c6ccccc65)cc34)ccc12.c1ccc2c(c1)sc1c(-c3ccnc(-c4cc(-c5nccc6c5sc5ccccc56)ccn4)c3)nccc12.c1ccc2c(c1)sc1cc(-c3ccnc4c3oc3ccc(-n5c6ccccc6c6ccccc65)cc34)cnc12. The number of hydrogen-bond donors (Lipinski definition) is 0. The molecule has 16 heteroatoms. The molecule has 16 aromatic heterocycles. The van der Waals surface area contributed by atoms with Crippen LogP contribution >= 0.6 is 34.0 Å². The number of hydrogen-bond acceptors (Lipinski definition) is 14. The summed E-state index contributed by atoms with van der Waals surface area (Å²) in [4.78, 5) is 38.2. The number of furan rings is 3. The zero-order valence-electron chi connectivity index (χ0n) is 61.3. The smallest absolute Gasteiger partial charge is 0.227 e. The fourth-order valence-corrected chi connectivity index (χ4v) is 20.6. The molecule has 13 nitrogen and oxygen atoms in total. The van der Waals surface area contributed by atoms with Gasteiger partial charge in [0, 0.05) is 167 Å². The minimum Gasteiger partial charge on any atom is -0.454 e. The van der Waals surface area contributed by atoms with Gasteiger partial charge in [0.25, 0.3) is 0 Å². The summed E-state index contributed by atoms with van der Waals surface area (Å²) in [5, 5.41) is 15.2. The first-order valence-electron chi connectivity index (χ1n) is 38.1. The second-order valence-electron chi connectivity index (χ2n) is 28.8. The van der Waals surface area contributed by atoms with E-state index in [0.717, 1.165) is 134 Å². The van der Waals surface area contributed by atoms with E-state index in [1.54, 1.807) is 34.0 Å². The van der Waals surface area contributed by atoms with Crippen molar-refractivity contribution in [1.82, 2.24) is 49.0 Å². The van der Waals surface area contributed by atoms with Crippen molar-refractivity contribution in [2.24, 2.45) is 0 Å². The molecule has 0 radical (unpaired) electrons. The average molecular weight is 1540 g/mol. The predicted molar refractivity (Wildman–Crippen MR) is 478 cm³/mol. The molecule has 0 aliphatic heterocycles. The standard InChI is InChI=1S/C34H19N3O2.C34H19N3OS.C32H18N4S2/c1-4-10-28-21(7-1)22-8-2-5-11-29(22)37(28)20-13-16-31-26(19-20)32-33(38-31)25(17-18-35-32)27-15-14-24-23-9-3-6-12-30(23)39-34(24)36-27;1-4-10-27-23(7-1)24-8-2-5-11-28(24)37(27)21-13-14-29-26(18-21)33-34(38-29)22(15-16-35-33)20-17-31-32(36-19-20)25-9-3-6-12-30(25)39-31;1-3-7-27-21(5-1)23-11-15-35-29(31(23)37-27)19-9-13-33-25(17-19)26-18-20(10-14-34-26)30-32-24(12-16-36-30)22-6-2-4-8-28(22)38-32/h2*1-19H;1-18H. The summed E-state index contributed by atoms with van der Waals surface area (Å²) in [5.74, 6) is 0. The number of nitrogens with zero attached hydrogens (tertiary/aromatic N) is 10. The van der Waals surface area contributed by atoms with Crippen molar-refractivity contribution >= 4 is 204 Å². The van der Waals surface area contributed by atoms with Crippen molar-refractivity contribution in [3.63, 3.8) is 0 Å². The van der Waals surface area contributed by atoms with E-state index in [4.69, 9.17) is 43.2 Å². The van der Waals surface area contributed by atoms with Gasteiger partial charge in [-0.1, -0.05) is 146 Å². The summed E-state index contributed by atoms with van der Waals surface area (Å²) in [6.45, 7) is 0. The number of pyridine rings is 8. The van der Waals surface area contributed by atoms with Crippen LogP contribution in [-0.2, 0) is 0 Å². The maximum atomic E-state index is 6.46. The minimum absolute atomic E-state index is 0.614. The van der Waals surface area contributed by atoms with Gasteiger partial charge in [-0.2, -0.15) is 0 Å². The molecular formula is C100H56N10O3S3. The molecular weight excluding hydrogens is 1490 g/mol. The Bertz CT molecular complexity index is 7950. The summed E-state index contributed by atoms with van der Waals surface area (Å²) < 4.78 is 30.9. The first kappa shape index (κ1) is 65.7. The molecule has 0 fully saturated rings. The molecule has 0 spiro atoms. The molecule has 0 atom stereocenters. The van der Waals surface area contributed by atoms with Crippen LogP contribution in [0.25, 0.3) is 238 Å². The Hall–Kier alpha value is -14.9. The second kappa shape index (κ2) is 26.3. The summed E-state index contributed by atoms with van der Waals surface area (Å²) in [5.41, 5.74) is 23.5. The maximum absolute atomic E-state index is 6.46. The van der Waals surface area contributed by atoms with E-state index in [-0.39, 0.29) is 0 Å². The first-order chi connectivity index (χ1) is 57.5. The van der Waals surface area contributed by atoms with Gasteiger partial charge in [0.1, 0.15) is 27.8 Å². The molecule has 16 heterocycles. The van der Waals surface area contributed by atoms with Crippen LogP contribution in [-0.4, -0.2) is 49.0 Å². The topological polar surface area (TPSA) is 152 Å². The highest BCUT2D eigenvalue weighted by Gasteiger charge is 2.23. The third-order valence-corrected chi connectivity index (χ3v) is 25.8. The van der Waals surface area contributed by atoms with Gasteiger partial charge in [-0.25, -0.2) is 4.98 Å². The Kier molecular flexibility index (Phi) is 14.9. The van der Waals surface area contributed by atoms with Gasteiger partial charge in [-0.05, 0) is 152 Å². The van der Waals surface area contributed by atoms with Crippen LogP contribution in [0.2, 0.25) is 0 Å². The summed E-state index contributed by atoms with van der Waals surface area (Å²) in [7, 11) is 0. The number of para-hydroxylation sites is 5. The van der Waals surface area contributed by atoms with Crippen LogP contribution < -0.4 is 0 Å². The Morgan fingerprint density at radius 3 is 1.23 bits per heavy atom. The van der Waals surface area contributed by atoms with Crippen molar-refractivity contribution in [3.8, 4) is 67.7 Å². The zero-order valence-corrected chi connectivity index (χ0v) is 63.7. The molecule has 0 N–H and O–H groups in total. The lowest BCUT2D eigenvalue weighted by Crippen LogP contribution is -1.93. The van der Waals surface area contributed by atoms with Gasteiger partial charge in [0.2, 0.25) is 5.71 Å². The van der Waals surface area contributed by atoms with Crippen molar-refractivity contribution in [3.05, 3.63) is 341 Å². The highest BCUT2D eigenvalue weighted by Crippen LogP contribution is 2.46. The summed E-state index contributed by atoms with van der Waals surface area (Å²) in [6, 6.07) is 103. The Balaban J connectivity index is 0.0000001000. The van der Waals surface area contributed by atoms with Crippen LogP contribution in [0.5, 0.6) is 0 Å². The van der Waals surface area contributed by atoms with E-state index in [0.29, 0.717) is 5.71 Å². The van der Waals surface area contributed by atoms with Crippen LogP contribution in [0.15, 0.2) is 354 Å². The lowest BCUT2D eigenvalue weighted by atomic mass is 10.1. The molecule has 10 aromatic carbocycles. The molecule has 542 valence electrons. The molecule has 26 rings (SSSR count).